The number of halogens is 3. The van der Waals surface area contributed by atoms with Gasteiger partial charge in [0, 0.05) is 12.1 Å². The van der Waals surface area contributed by atoms with E-state index in [0.29, 0.717) is 29.1 Å². The lowest BCUT2D eigenvalue weighted by Crippen LogP contribution is -2.39. The lowest BCUT2D eigenvalue weighted by Gasteiger charge is -2.16. The van der Waals surface area contributed by atoms with E-state index in [1.165, 1.54) is 6.07 Å². The molecule has 0 radical (unpaired) electrons. The number of benzene rings is 2. The van der Waals surface area contributed by atoms with Crippen LogP contribution in [0, 0.1) is 11.2 Å². The molecule has 0 heterocycles. The highest BCUT2D eigenvalue weighted by Crippen LogP contribution is 2.47. The molecule has 0 bridgehead atoms. The molecular formula is C18H15Cl2FN2O2. The van der Waals surface area contributed by atoms with Gasteiger partial charge in [-0.2, -0.15) is 0 Å². The second kappa shape index (κ2) is 7.02. The molecule has 0 atom stereocenters. The van der Waals surface area contributed by atoms with E-state index in [2.05, 4.69) is 10.6 Å². The number of rotatable bonds is 5. The highest BCUT2D eigenvalue weighted by atomic mass is 35.5. The minimum Gasteiger partial charge on any atom is -0.351 e. The second-order valence-corrected chi connectivity index (χ2v) is 6.70. The molecule has 2 aromatic rings. The van der Waals surface area contributed by atoms with Gasteiger partial charge in [0.1, 0.15) is 11.2 Å². The largest absolute Gasteiger partial charge is 0.351 e. The average Bonchev–Trinajstić information content (AvgIpc) is 3.40. The lowest BCUT2D eigenvalue weighted by atomic mass is 10.0. The van der Waals surface area contributed by atoms with E-state index >= 15 is 0 Å². The lowest BCUT2D eigenvalue weighted by molar-refractivity contribution is -0.134. The van der Waals surface area contributed by atoms with Crippen molar-refractivity contribution in [1.29, 1.82) is 0 Å². The third-order valence-electron chi connectivity index (χ3n) is 4.22. The van der Waals surface area contributed by atoms with Gasteiger partial charge in [-0.3, -0.25) is 9.59 Å². The van der Waals surface area contributed by atoms with Gasteiger partial charge in [0.25, 0.3) is 0 Å². The Morgan fingerprint density at radius 1 is 1.04 bits per heavy atom. The fraction of sp³-hybridized carbons (Fsp3) is 0.222. The molecule has 7 heteroatoms. The van der Waals surface area contributed by atoms with Crippen LogP contribution in [0.1, 0.15) is 18.4 Å². The normalized spacial score (nSPS) is 14.7. The predicted octanol–water partition coefficient (Wildman–Crippen LogP) is 4.17. The van der Waals surface area contributed by atoms with Crippen LogP contribution in [0.2, 0.25) is 10.0 Å². The van der Waals surface area contributed by atoms with Crippen LogP contribution in [0.3, 0.4) is 0 Å². The number of hydrogen-bond acceptors (Lipinski definition) is 2. The van der Waals surface area contributed by atoms with Gasteiger partial charge in [-0.05, 0) is 31.0 Å². The summed E-state index contributed by atoms with van der Waals surface area (Å²) in [6, 6.07) is 11.0. The van der Waals surface area contributed by atoms with Gasteiger partial charge in [-0.15, -0.1) is 0 Å². The maximum absolute atomic E-state index is 13.6. The van der Waals surface area contributed by atoms with Gasteiger partial charge < -0.3 is 10.6 Å². The Bertz CT molecular complexity index is 838. The zero-order valence-corrected chi connectivity index (χ0v) is 14.6. The molecule has 0 spiro atoms. The molecule has 2 aromatic carbocycles. The fourth-order valence-corrected chi connectivity index (χ4v) is 2.86. The Hall–Kier alpha value is -2.11. The molecule has 0 aromatic heterocycles. The van der Waals surface area contributed by atoms with Crippen molar-refractivity contribution in [3.05, 3.63) is 63.9 Å². The van der Waals surface area contributed by atoms with Crippen molar-refractivity contribution in [3.63, 3.8) is 0 Å². The molecule has 1 aliphatic carbocycles. The Morgan fingerprint density at radius 3 is 2.44 bits per heavy atom. The molecule has 1 saturated carbocycles. The first-order valence-corrected chi connectivity index (χ1v) is 8.47. The zero-order chi connectivity index (χ0) is 18.0. The van der Waals surface area contributed by atoms with E-state index in [-0.39, 0.29) is 11.6 Å². The van der Waals surface area contributed by atoms with Crippen LogP contribution in [0.25, 0.3) is 0 Å². The average molecular weight is 381 g/mol. The fourth-order valence-electron chi connectivity index (χ4n) is 2.51. The van der Waals surface area contributed by atoms with Crippen LogP contribution in [0.15, 0.2) is 42.5 Å². The van der Waals surface area contributed by atoms with Gasteiger partial charge in [0.15, 0.2) is 0 Å². The van der Waals surface area contributed by atoms with Crippen molar-refractivity contribution in [2.75, 3.05) is 5.32 Å². The van der Waals surface area contributed by atoms with Gasteiger partial charge in [-0.25, -0.2) is 4.39 Å². The summed E-state index contributed by atoms with van der Waals surface area (Å²) in [7, 11) is 0. The first kappa shape index (κ1) is 17.7. The number of carbonyl (C=O) groups is 2. The standard InChI is InChI=1S/C18H15Cl2FN2O2/c19-12-5-3-7-14(15(12)20)23-17(25)18(8-9-18)16(24)22-10-11-4-1-2-6-13(11)21/h1-7H,8-10H2,(H,22,24)(H,23,25). The van der Waals surface area contributed by atoms with E-state index in [9.17, 15) is 14.0 Å². The summed E-state index contributed by atoms with van der Waals surface area (Å²) in [5, 5.41) is 5.83. The first-order chi connectivity index (χ1) is 11.9. The summed E-state index contributed by atoms with van der Waals surface area (Å²) >= 11 is 12.0. The van der Waals surface area contributed by atoms with Gasteiger partial charge in [0.2, 0.25) is 11.8 Å². The van der Waals surface area contributed by atoms with Crippen molar-refractivity contribution in [2.24, 2.45) is 5.41 Å². The maximum atomic E-state index is 13.6. The van der Waals surface area contributed by atoms with Crippen LogP contribution in [-0.4, -0.2) is 11.8 Å². The molecule has 2 amide bonds. The summed E-state index contributed by atoms with van der Waals surface area (Å²) in [4.78, 5) is 25.0. The van der Waals surface area contributed by atoms with Gasteiger partial charge in [0.05, 0.1) is 15.7 Å². The molecule has 2 N–H and O–H groups in total. The zero-order valence-electron chi connectivity index (χ0n) is 13.1. The number of anilines is 1. The quantitative estimate of drug-likeness (QED) is 0.764. The molecule has 3 rings (SSSR count). The number of nitrogens with one attached hydrogen (secondary N) is 2. The highest BCUT2D eigenvalue weighted by Gasteiger charge is 2.56. The van der Waals surface area contributed by atoms with Gasteiger partial charge >= 0.3 is 0 Å². The van der Waals surface area contributed by atoms with E-state index in [1.807, 2.05) is 0 Å². The van der Waals surface area contributed by atoms with Crippen molar-refractivity contribution < 1.29 is 14.0 Å². The van der Waals surface area contributed by atoms with E-state index < -0.39 is 23.0 Å². The van der Waals surface area contributed by atoms with Crippen molar-refractivity contribution in [3.8, 4) is 0 Å². The Balaban J connectivity index is 1.67. The second-order valence-electron chi connectivity index (χ2n) is 5.91. The molecule has 0 aliphatic heterocycles. The Kier molecular flexibility index (Phi) is 4.97. The smallest absolute Gasteiger partial charge is 0.240 e. The van der Waals surface area contributed by atoms with Crippen LogP contribution in [-0.2, 0) is 16.1 Å². The van der Waals surface area contributed by atoms with Crippen molar-refractivity contribution >= 4 is 40.7 Å². The van der Waals surface area contributed by atoms with Crippen LogP contribution >= 0.6 is 23.2 Å². The third kappa shape index (κ3) is 3.62. The molecule has 1 fully saturated rings. The van der Waals surface area contributed by atoms with Crippen molar-refractivity contribution in [2.45, 2.75) is 19.4 Å². The Labute approximate surface area is 154 Å². The summed E-state index contributed by atoms with van der Waals surface area (Å²) in [6.07, 6.45) is 0.861. The SMILES string of the molecule is O=C(NCc1ccccc1F)C1(C(=O)Nc2cccc(Cl)c2Cl)CC1. The molecular weight excluding hydrogens is 366 g/mol. The number of hydrogen-bond donors (Lipinski definition) is 2. The summed E-state index contributed by atoms with van der Waals surface area (Å²) < 4.78 is 13.6. The van der Waals surface area contributed by atoms with Crippen LogP contribution in [0.4, 0.5) is 10.1 Å². The van der Waals surface area contributed by atoms with E-state index in [1.54, 1.807) is 36.4 Å². The molecule has 130 valence electrons. The minimum absolute atomic E-state index is 0.0262. The summed E-state index contributed by atoms with van der Waals surface area (Å²) in [5.41, 5.74) is -0.422. The van der Waals surface area contributed by atoms with Crippen molar-refractivity contribution in [1.82, 2.24) is 5.32 Å². The highest BCUT2D eigenvalue weighted by molar-refractivity contribution is 6.44. The predicted molar refractivity (Wildman–Crippen MR) is 95.0 cm³/mol. The Morgan fingerprint density at radius 2 is 1.76 bits per heavy atom. The molecule has 0 unspecified atom stereocenters. The third-order valence-corrected chi connectivity index (χ3v) is 5.04. The van der Waals surface area contributed by atoms with E-state index in [0.717, 1.165) is 0 Å². The van der Waals surface area contributed by atoms with Crippen LogP contribution < -0.4 is 10.6 Å². The summed E-state index contributed by atoms with van der Waals surface area (Å²) in [5.74, 6) is -1.27. The molecule has 4 nitrogen and oxygen atoms in total. The monoisotopic (exact) mass is 380 g/mol. The maximum Gasteiger partial charge on any atom is 0.240 e. The van der Waals surface area contributed by atoms with Crippen LogP contribution in [0.5, 0.6) is 0 Å². The molecule has 0 saturated heterocycles. The molecule has 25 heavy (non-hydrogen) atoms. The topological polar surface area (TPSA) is 58.2 Å². The number of amides is 2. The summed E-state index contributed by atoms with van der Waals surface area (Å²) in [6.45, 7) is 0.0262. The number of carbonyl (C=O) groups excluding carboxylic acids is 2. The first-order valence-electron chi connectivity index (χ1n) is 7.71. The van der Waals surface area contributed by atoms with Gasteiger partial charge in [-0.1, -0.05) is 47.5 Å². The molecule has 1 aliphatic rings. The minimum atomic E-state index is -1.14. The van der Waals surface area contributed by atoms with E-state index in [4.69, 9.17) is 23.2 Å².